The Morgan fingerprint density at radius 1 is 1.39 bits per heavy atom. The number of fused-ring (bicyclic) bond motifs is 3. The second-order valence-electron chi connectivity index (χ2n) is 6.24. The van der Waals surface area contributed by atoms with Crippen LogP contribution < -0.4 is 0 Å². The minimum absolute atomic E-state index is 0.103. The molecular formula is C16H21NO. The highest BCUT2D eigenvalue weighted by Gasteiger charge is 2.34. The Morgan fingerprint density at radius 3 is 2.89 bits per heavy atom. The molecule has 0 saturated heterocycles. The van der Waals surface area contributed by atoms with Gasteiger partial charge in [0.1, 0.15) is 0 Å². The van der Waals surface area contributed by atoms with Gasteiger partial charge in [0, 0.05) is 16.6 Å². The molecule has 1 heterocycles. The fraction of sp³-hybridized carbons (Fsp3) is 0.500. The van der Waals surface area contributed by atoms with Crippen LogP contribution in [-0.4, -0.2) is 10.1 Å². The SMILES string of the molecule is CC1CCC(C)(C)c2c1[nH]c1c(CO)cccc21. The topological polar surface area (TPSA) is 36.0 Å². The molecule has 0 aliphatic heterocycles. The molecule has 0 spiro atoms. The van der Waals surface area contributed by atoms with Crippen molar-refractivity contribution in [1.29, 1.82) is 0 Å². The smallest absolute Gasteiger partial charge is 0.0702 e. The van der Waals surface area contributed by atoms with Crippen molar-refractivity contribution >= 4 is 10.9 Å². The number of H-pyrrole nitrogens is 1. The number of aliphatic hydroxyl groups is 1. The number of para-hydroxylation sites is 1. The van der Waals surface area contributed by atoms with E-state index in [1.165, 1.54) is 29.5 Å². The maximum atomic E-state index is 9.47. The van der Waals surface area contributed by atoms with Gasteiger partial charge in [-0.05, 0) is 29.7 Å². The first-order chi connectivity index (χ1) is 8.54. The Bertz CT molecular complexity index is 594. The van der Waals surface area contributed by atoms with Crippen molar-refractivity contribution in [2.24, 2.45) is 0 Å². The summed E-state index contributed by atoms with van der Waals surface area (Å²) in [7, 11) is 0. The lowest BCUT2D eigenvalue weighted by molar-refractivity contribution is 0.283. The summed E-state index contributed by atoms with van der Waals surface area (Å²) in [4.78, 5) is 3.58. The van der Waals surface area contributed by atoms with E-state index in [1.807, 2.05) is 6.07 Å². The number of aliphatic hydroxyl groups excluding tert-OH is 1. The van der Waals surface area contributed by atoms with Crippen molar-refractivity contribution in [3.8, 4) is 0 Å². The Balaban J connectivity index is 2.37. The molecule has 18 heavy (non-hydrogen) atoms. The molecule has 1 unspecified atom stereocenters. The predicted octanol–water partition coefficient (Wildman–Crippen LogP) is 3.84. The minimum Gasteiger partial charge on any atom is -0.392 e. The van der Waals surface area contributed by atoms with E-state index in [4.69, 9.17) is 0 Å². The molecule has 96 valence electrons. The first-order valence-electron chi connectivity index (χ1n) is 6.79. The molecule has 1 aromatic heterocycles. The highest BCUT2D eigenvalue weighted by molar-refractivity contribution is 5.88. The van der Waals surface area contributed by atoms with Crippen LogP contribution >= 0.6 is 0 Å². The molecule has 0 fully saturated rings. The van der Waals surface area contributed by atoms with Crippen LogP contribution in [0.1, 0.15) is 56.4 Å². The largest absolute Gasteiger partial charge is 0.392 e. The van der Waals surface area contributed by atoms with Crippen molar-refractivity contribution < 1.29 is 5.11 Å². The summed E-state index contributed by atoms with van der Waals surface area (Å²) < 4.78 is 0. The molecule has 1 aliphatic rings. The summed E-state index contributed by atoms with van der Waals surface area (Å²) in [5.74, 6) is 0.590. The van der Waals surface area contributed by atoms with Gasteiger partial charge >= 0.3 is 0 Å². The van der Waals surface area contributed by atoms with E-state index in [1.54, 1.807) is 0 Å². The van der Waals surface area contributed by atoms with Crippen molar-refractivity contribution in [3.05, 3.63) is 35.0 Å². The average Bonchev–Trinajstić information content (AvgIpc) is 2.75. The maximum Gasteiger partial charge on any atom is 0.0702 e. The highest BCUT2D eigenvalue weighted by atomic mass is 16.3. The Hall–Kier alpha value is -1.28. The molecule has 2 nitrogen and oxygen atoms in total. The van der Waals surface area contributed by atoms with E-state index in [-0.39, 0.29) is 12.0 Å². The van der Waals surface area contributed by atoms with Crippen LogP contribution in [0.25, 0.3) is 10.9 Å². The Morgan fingerprint density at radius 2 is 2.17 bits per heavy atom. The Kier molecular flexibility index (Phi) is 2.53. The number of rotatable bonds is 1. The standard InChI is InChI=1S/C16H21NO/c1-10-7-8-16(2,3)13-12-6-4-5-11(9-18)15(12)17-14(10)13/h4-6,10,17-18H,7-9H2,1-3H3. The Labute approximate surface area is 108 Å². The number of benzene rings is 1. The van der Waals surface area contributed by atoms with E-state index in [0.717, 1.165) is 11.1 Å². The first kappa shape index (κ1) is 11.8. The van der Waals surface area contributed by atoms with Gasteiger partial charge in [0.2, 0.25) is 0 Å². The fourth-order valence-electron chi connectivity index (χ4n) is 3.38. The van der Waals surface area contributed by atoms with Crippen LogP contribution in [0.2, 0.25) is 0 Å². The number of aromatic nitrogens is 1. The molecule has 2 aromatic rings. The molecule has 0 amide bonds. The van der Waals surface area contributed by atoms with Gasteiger partial charge in [-0.25, -0.2) is 0 Å². The summed E-state index contributed by atoms with van der Waals surface area (Å²) in [6.45, 7) is 7.06. The van der Waals surface area contributed by atoms with E-state index < -0.39 is 0 Å². The van der Waals surface area contributed by atoms with Crippen LogP contribution in [0.3, 0.4) is 0 Å². The van der Waals surface area contributed by atoms with E-state index in [2.05, 4.69) is 37.9 Å². The third-order valence-electron chi connectivity index (χ3n) is 4.49. The van der Waals surface area contributed by atoms with E-state index >= 15 is 0 Å². The van der Waals surface area contributed by atoms with Crippen LogP contribution in [-0.2, 0) is 12.0 Å². The molecule has 0 saturated carbocycles. The van der Waals surface area contributed by atoms with Crippen molar-refractivity contribution in [2.45, 2.75) is 51.6 Å². The van der Waals surface area contributed by atoms with Crippen molar-refractivity contribution in [1.82, 2.24) is 4.98 Å². The van der Waals surface area contributed by atoms with Crippen LogP contribution in [0.5, 0.6) is 0 Å². The van der Waals surface area contributed by atoms with Gasteiger partial charge in [0.25, 0.3) is 0 Å². The number of hydrogen-bond donors (Lipinski definition) is 2. The van der Waals surface area contributed by atoms with Gasteiger partial charge in [0.15, 0.2) is 0 Å². The number of hydrogen-bond acceptors (Lipinski definition) is 1. The maximum absolute atomic E-state index is 9.47. The molecule has 3 rings (SSSR count). The van der Waals surface area contributed by atoms with Crippen LogP contribution in [0.4, 0.5) is 0 Å². The van der Waals surface area contributed by atoms with Gasteiger partial charge in [-0.1, -0.05) is 39.0 Å². The molecular weight excluding hydrogens is 222 g/mol. The lowest BCUT2D eigenvalue weighted by Crippen LogP contribution is -2.24. The fourth-order valence-corrected chi connectivity index (χ4v) is 3.38. The monoisotopic (exact) mass is 243 g/mol. The van der Waals surface area contributed by atoms with E-state index in [9.17, 15) is 5.11 Å². The second kappa shape index (κ2) is 3.86. The van der Waals surface area contributed by atoms with Crippen molar-refractivity contribution in [2.75, 3.05) is 0 Å². The molecule has 1 aromatic carbocycles. The molecule has 0 bridgehead atoms. The van der Waals surface area contributed by atoms with Gasteiger partial charge in [0.05, 0.1) is 12.1 Å². The van der Waals surface area contributed by atoms with Crippen LogP contribution in [0, 0.1) is 0 Å². The van der Waals surface area contributed by atoms with Crippen LogP contribution in [0.15, 0.2) is 18.2 Å². The quantitative estimate of drug-likeness (QED) is 0.784. The third-order valence-corrected chi connectivity index (χ3v) is 4.49. The van der Waals surface area contributed by atoms with Gasteiger partial charge in [-0.15, -0.1) is 0 Å². The third kappa shape index (κ3) is 1.52. The highest BCUT2D eigenvalue weighted by Crippen LogP contribution is 2.46. The molecule has 2 N–H and O–H groups in total. The summed E-state index contributed by atoms with van der Waals surface area (Å²) in [6, 6.07) is 6.24. The normalized spacial score (nSPS) is 22.1. The van der Waals surface area contributed by atoms with Gasteiger partial charge in [-0.3, -0.25) is 0 Å². The number of aromatic amines is 1. The van der Waals surface area contributed by atoms with Gasteiger partial charge in [-0.2, -0.15) is 0 Å². The lowest BCUT2D eigenvalue weighted by atomic mass is 9.71. The second-order valence-corrected chi connectivity index (χ2v) is 6.24. The van der Waals surface area contributed by atoms with Crippen molar-refractivity contribution in [3.63, 3.8) is 0 Å². The lowest BCUT2D eigenvalue weighted by Gasteiger charge is -2.33. The minimum atomic E-state index is 0.103. The molecule has 2 heteroatoms. The molecule has 0 radical (unpaired) electrons. The molecule has 1 aliphatic carbocycles. The zero-order valence-corrected chi connectivity index (χ0v) is 11.4. The number of nitrogens with one attached hydrogen (secondary N) is 1. The molecule has 1 atom stereocenters. The van der Waals surface area contributed by atoms with E-state index in [0.29, 0.717) is 5.92 Å². The van der Waals surface area contributed by atoms with Gasteiger partial charge < -0.3 is 10.1 Å². The zero-order chi connectivity index (χ0) is 12.9. The first-order valence-corrected chi connectivity index (χ1v) is 6.79. The zero-order valence-electron chi connectivity index (χ0n) is 11.4. The summed E-state index contributed by atoms with van der Waals surface area (Å²) >= 11 is 0. The summed E-state index contributed by atoms with van der Waals surface area (Å²) in [5, 5.41) is 10.8. The summed E-state index contributed by atoms with van der Waals surface area (Å²) in [5.41, 5.74) is 5.21. The average molecular weight is 243 g/mol. The predicted molar refractivity (Wildman–Crippen MR) is 74.9 cm³/mol. The summed E-state index contributed by atoms with van der Waals surface area (Å²) in [6.07, 6.45) is 2.47.